The summed E-state index contributed by atoms with van der Waals surface area (Å²) in [7, 11) is -6.29. The van der Waals surface area contributed by atoms with Crippen molar-refractivity contribution in [2.75, 3.05) is 13.2 Å². The number of rotatable bonds is 10. The second kappa shape index (κ2) is 11.1. The standard InChI is InChI=1S/C12H8F14O7S.Na/c13-7(14,9(17,18)11(21,22)23)2-32-5(27)1-4(34(29,30)31)6(28)33-3-8(15,16)10(19,20)12(24,25)26;/h4H,1-3H2,(H,29,30,31);/q;+1/p-1. The topological polar surface area (TPSA) is 110 Å². The zero-order valence-electron chi connectivity index (χ0n) is 16.3. The smallest absolute Gasteiger partial charge is 0.747 e. The summed E-state index contributed by atoms with van der Waals surface area (Å²) in [6.45, 7) is -6.37. The molecular formula is C12H7F14NaO7S. The van der Waals surface area contributed by atoms with Gasteiger partial charge in [0.2, 0.25) is 0 Å². The fraction of sp³-hybridized carbons (Fsp3) is 0.833. The Bertz CT molecular complexity index is 868. The van der Waals surface area contributed by atoms with Gasteiger partial charge in [0, 0.05) is 0 Å². The van der Waals surface area contributed by atoms with E-state index >= 15 is 0 Å². The van der Waals surface area contributed by atoms with E-state index < -0.39 is 83.0 Å². The second-order valence-electron chi connectivity index (χ2n) is 6.01. The summed E-state index contributed by atoms with van der Waals surface area (Å²) < 4.78 is 213. The van der Waals surface area contributed by atoms with E-state index in [4.69, 9.17) is 0 Å². The van der Waals surface area contributed by atoms with Crippen LogP contribution in [0.3, 0.4) is 0 Å². The zero-order valence-corrected chi connectivity index (χ0v) is 19.1. The average molecular weight is 584 g/mol. The molecule has 0 amide bonds. The first-order chi connectivity index (χ1) is 14.6. The second-order valence-corrected chi connectivity index (χ2v) is 7.56. The van der Waals surface area contributed by atoms with E-state index in [0.29, 0.717) is 0 Å². The van der Waals surface area contributed by atoms with Gasteiger partial charge >= 0.3 is 77.5 Å². The maximum atomic E-state index is 13.0. The van der Waals surface area contributed by atoms with E-state index in [1.807, 2.05) is 0 Å². The molecule has 0 aromatic rings. The van der Waals surface area contributed by atoms with Gasteiger partial charge in [-0.05, 0) is 0 Å². The molecule has 0 aliphatic carbocycles. The van der Waals surface area contributed by atoms with Gasteiger partial charge in [0.25, 0.3) is 0 Å². The van der Waals surface area contributed by atoms with Crippen LogP contribution in [0.4, 0.5) is 61.5 Å². The number of hydrogen-bond acceptors (Lipinski definition) is 7. The minimum absolute atomic E-state index is 0. The third-order valence-electron chi connectivity index (χ3n) is 3.40. The van der Waals surface area contributed by atoms with Gasteiger partial charge in [-0.25, -0.2) is 8.42 Å². The third-order valence-corrected chi connectivity index (χ3v) is 4.46. The molecule has 0 radical (unpaired) electrons. The summed E-state index contributed by atoms with van der Waals surface area (Å²) in [5.74, 6) is -31.7. The quantitative estimate of drug-likeness (QED) is 0.155. The molecule has 0 N–H and O–H groups in total. The van der Waals surface area contributed by atoms with Gasteiger partial charge in [-0.2, -0.15) is 61.5 Å². The van der Waals surface area contributed by atoms with Crippen LogP contribution in [0.25, 0.3) is 0 Å². The molecular weight excluding hydrogens is 577 g/mol. The molecule has 7 nitrogen and oxygen atoms in total. The van der Waals surface area contributed by atoms with Crippen LogP contribution < -0.4 is 29.6 Å². The Kier molecular flexibility index (Phi) is 11.4. The molecule has 0 saturated heterocycles. The summed E-state index contributed by atoms with van der Waals surface area (Å²) in [5.41, 5.74) is 0. The molecule has 0 spiro atoms. The third kappa shape index (κ3) is 8.45. The Hall–Kier alpha value is -1.13. The van der Waals surface area contributed by atoms with Crippen molar-refractivity contribution in [3.63, 3.8) is 0 Å². The minimum atomic E-state index is -6.93. The summed E-state index contributed by atoms with van der Waals surface area (Å²) in [5, 5.41) is -3.66. The Balaban J connectivity index is 0. The summed E-state index contributed by atoms with van der Waals surface area (Å²) in [6, 6.07) is 0. The van der Waals surface area contributed by atoms with Gasteiger partial charge in [-0.1, -0.05) is 0 Å². The van der Waals surface area contributed by atoms with Gasteiger partial charge in [0.05, 0.1) is 6.42 Å². The van der Waals surface area contributed by atoms with E-state index in [0.717, 1.165) is 0 Å². The van der Waals surface area contributed by atoms with Crippen LogP contribution in [-0.4, -0.2) is 79.4 Å². The van der Waals surface area contributed by atoms with Crippen molar-refractivity contribution >= 4 is 22.1 Å². The van der Waals surface area contributed by atoms with Gasteiger partial charge < -0.3 is 14.0 Å². The Morgan fingerprint density at radius 2 is 1.00 bits per heavy atom. The van der Waals surface area contributed by atoms with Gasteiger partial charge in [-0.15, -0.1) is 0 Å². The van der Waals surface area contributed by atoms with Crippen molar-refractivity contribution in [1.82, 2.24) is 0 Å². The number of carbonyl (C=O) groups is 2. The molecule has 0 aliphatic heterocycles. The number of carbonyl (C=O) groups excluding carboxylic acids is 2. The molecule has 0 aromatic carbocycles. The number of esters is 2. The molecule has 35 heavy (non-hydrogen) atoms. The van der Waals surface area contributed by atoms with E-state index in [9.17, 15) is 84.0 Å². The Morgan fingerprint density at radius 3 is 1.29 bits per heavy atom. The predicted octanol–water partition coefficient (Wildman–Crippen LogP) is 0.0465. The van der Waals surface area contributed by atoms with Crippen LogP contribution in [0.2, 0.25) is 0 Å². The molecule has 0 bridgehead atoms. The van der Waals surface area contributed by atoms with E-state index in [1.54, 1.807) is 0 Å². The van der Waals surface area contributed by atoms with Crippen LogP contribution >= 0.6 is 0 Å². The van der Waals surface area contributed by atoms with Crippen molar-refractivity contribution in [3.8, 4) is 0 Å². The molecule has 0 heterocycles. The molecule has 1 unspecified atom stereocenters. The predicted molar refractivity (Wildman–Crippen MR) is 71.9 cm³/mol. The fourth-order valence-electron chi connectivity index (χ4n) is 1.54. The monoisotopic (exact) mass is 584 g/mol. The van der Waals surface area contributed by atoms with Gasteiger partial charge in [-0.3, -0.25) is 9.59 Å². The maximum absolute atomic E-state index is 13.0. The van der Waals surface area contributed by atoms with Crippen molar-refractivity contribution in [2.24, 2.45) is 0 Å². The SMILES string of the molecule is O=C(CC(C(=O)OCC(F)(F)C(F)(F)C(F)(F)F)S(=O)(=O)[O-])OCC(F)(F)C(F)(F)C(F)(F)F.[Na+]. The fourth-order valence-corrected chi connectivity index (χ4v) is 2.18. The maximum Gasteiger partial charge on any atom is 1.00 e. The number of halogens is 14. The van der Waals surface area contributed by atoms with Crippen molar-refractivity contribution in [2.45, 2.75) is 47.7 Å². The molecule has 23 heteroatoms. The molecule has 0 aliphatic rings. The first-order valence-corrected chi connectivity index (χ1v) is 9.00. The Morgan fingerprint density at radius 1 is 0.686 bits per heavy atom. The summed E-state index contributed by atoms with van der Waals surface area (Å²) in [4.78, 5) is 22.6. The van der Waals surface area contributed by atoms with Crippen LogP contribution in [0, 0.1) is 0 Å². The van der Waals surface area contributed by atoms with Crippen LogP contribution in [0.1, 0.15) is 6.42 Å². The molecule has 1 atom stereocenters. The molecule has 0 rings (SSSR count). The minimum Gasteiger partial charge on any atom is -0.747 e. The van der Waals surface area contributed by atoms with E-state index in [1.165, 1.54) is 0 Å². The van der Waals surface area contributed by atoms with Gasteiger partial charge in [0.15, 0.2) is 18.5 Å². The normalized spacial score (nSPS) is 15.2. The van der Waals surface area contributed by atoms with E-state index in [-0.39, 0.29) is 29.6 Å². The molecule has 0 fully saturated rings. The van der Waals surface area contributed by atoms with Crippen LogP contribution in [-0.2, 0) is 29.2 Å². The van der Waals surface area contributed by atoms with Crippen LogP contribution in [0.5, 0.6) is 0 Å². The number of alkyl halides is 14. The number of hydrogen-bond donors (Lipinski definition) is 0. The number of ether oxygens (including phenoxy) is 2. The Labute approximate surface area is 206 Å². The van der Waals surface area contributed by atoms with Crippen molar-refractivity contribution in [3.05, 3.63) is 0 Å². The first kappa shape index (κ1) is 36.0. The first-order valence-electron chi connectivity index (χ1n) is 7.53. The van der Waals surface area contributed by atoms with Crippen molar-refractivity contribution < 1.29 is 123 Å². The molecule has 0 saturated carbocycles. The largest absolute Gasteiger partial charge is 1.00 e. The zero-order chi connectivity index (χ0) is 27.8. The average Bonchev–Trinajstić information content (AvgIpc) is 2.59. The van der Waals surface area contributed by atoms with Gasteiger partial charge in [0.1, 0.15) is 10.1 Å². The summed E-state index contributed by atoms with van der Waals surface area (Å²) >= 11 is 0. The molecule has 202 valence electrons. The van der Waals surface area contributed by atoms with Crippen LogP contribution in [0.15, 0.2) is 0 Å². The van der Waals surface area contributed by atoms with Crippen molar-refractivity contribution in [1.29, 1.82) is 0 Å². The van der Waals surface area contributed by atoms with E-state index in [2.05, 4.69) is 9.47 Å². The molecule has 0 aromatic heterocycles. The summed E-state index contributed by atoms with van der Waals surface area (Å²) in [6.07, 6.45) is -16.2.